The van der Waals surface area contributed by atoms with Crippen molar-refractivity contribution in [1.82, 2.24) is 5.32 Å². The second-order valence-corrected chi connectivity index (χ2v) is 8.07. The zero-order valence-corrected chi connectivity index (χ0v) is 16.3. The van der Waals surface area contributed by atoms with Crippen LogP contribution in [-0.4, -0.2) is 22.9 Å². The highest BCUT2D eigenvalue weighted by Crippen LogP contribution is 2.32. The molecule has 1 aliphatic carbocycles. The Balaban J connectivity index is 0.00000312. The Morgan fingerprint density at radius 1 is 1.16 bits per heavy atom. The van der Waals surface area contributed by atoms with Crippen molar-refractivity contribution in [3.8, 4) is 0 Å². The summed E-state index contributed by atoms with van der Waals surface area (Å²) in [4.78, 5) is 24.6. The Bertz CT molecular complexity index is 606. The molecule has 1 aliphatic rings. The highest BCUT2D eigenvalue weighted by atomic mass is 35.5. The molecule has 2 unspecified atom stereocenters. The van der Waals surface area contributed by atoms with Crippen molar-refractivity contribution in [2.75, 3.05) is 5.32 Å². The molecule has 0 aromatic heterocycles. The number of nitrogens with two attached hydrogens (primary N) is 1. The third kappa shape index (κ3) is 6.01. The van der Waals surface area contributed by atoms with Crippen molar-refractivity contribution in [3.63, 3.8) is 0 Å². The third-order valence-electron chi connectivity index (χ3n) is 4.47. The average Bonchev–Trinajstić information content (AvgIpc) is 2.45. The number of anilines is 1. The standard InChI is InChI=1S/C19H29N3O2.ClH/c1-18(2,3)22-16(23)13-8-10-14(11-9-13)21-17(24)15-7-5-6-12-19(15,4)20;/h8-11,15H,5-7,12,20H2,1-4H3,(H,21,24)(H,22,23);1H. The molecule has 1 aromatic carbocycles. The van der Waals surface area contributed by atoms with Crippen molar-refractivity contribution in [2.45, 2.75) is 64.5 Å². The number of hydrogen-bond acceptors (Lipinski definition) is 3. The summed E-state index contributed by atoms with van der Waals surface area (Å²) in [6, 6.07) is 6.96. The summed E-state index contributed by atoms with van der Waals surface area (Å²) < 4.78 is 0. The second-order valence-electron chi connectivity index (χ2n) is 8.07. The van der Waals surface area contributed by atoms with E-state index in [9.17, 15) is 9.59 Å². The Kier molecular flexibility index (Phi) is 7.03. The van der Waals surface area contributed by atoms with Gasteiger partial charge in [-0.1, -0.05) is 12.8 Å². The van der Waals surface area contributed by atoms with Gasteiger partial charge in [0.25, 0.3) is 5.91 Å². The van der Waals surface area contributed by atoms with E-state index in [1.54, 1.807) is 24.3 Å². The molecule has 6 heteroatoms. The number of carbonyl (C=O) groups excluding carboxylic acids is 2. The topological polar surface area (TPSA) is 84.2 Å². The van der Waals surface area contributed by atoms with E-state index in [-0.39, 0.29) is 35.7 Å². The first-order chi connectivity index (χ1) is 11.1. The van der Waals surface area contributed by atoms with E-state index in [4.69, 9.17) is 5.73 Å². The van der Waals surface area contributed by atoms with Crippen molar-refractivity contribution in [3.05, 3.63) is 29.8 Å². The fourth-order valence-electron chi connectivity index (χ4n) is 3.14. The van der Waals surface area contributed by atoms with Crippen LogP contribution in [-0.2, 0) is 4.79 Å². The zero-order chi connectivity index (χ0) is 18.0. The molecule has 2 amide bonds. The number of amides is 2. The van der Waals surface area contributed by atoms with Crippen LogP contribution in [0, 0.1) is 5.92 Å². The van der Waals surface area contributed by atoms with E-state index < -0.39 is 5.54 Å². The molecule has 1 saturated carbocycles. The van der Waals surface area contributed by atoms with Crippen molar-refractivity contribution < 1.29 is 9.59 Å². The van der Waals surface area contributed by atoms with Crippen LogP contribution in [0.1, 0.15) is 63.7 Å². The van der Waals surface area contributed by atoms with Gasteiger partial charge in [-0.05, 0) is 64.8 Å². The first-order valence-corrected chi connectivity index (χ1v) is 8.61. The lowest BCUT2D eigenvalue weighted by Gasteiger charge is -2.37. The Labute approximate surface area is 156 Å². The van der Waals surface area contributed by atoms with Crippen LogP contribution in [0.25, 0.3) is 0 Å². The first-order valence-electron chi connectivity index (χ1n) is 8.61. The van der Waals surface area contributed by atoms with E-state index >= 15 is 0 Å². The molecule has 2 rings (SSSR count). The summed E-state index contributed by atoms with van der Waals surface area (Å²) in [6.45, 7) is 7.77. The molecule has 0 saturated heterocycles. The maximum absolute atomic E-state index is 12.5. The summed E-state index contributed by atoms with van der Waals surface area (Å²) >= 11 is 0. The molecule has 5 nitrogen and oxygen atoms in total. The molecule has 0 heterocycles. The zero-order valence-electron chi connectivity index (χ0n) is 15.5. The lowest BCUT2D eigenvalue weighted by Crippen LogP contribution is -2.51. The summed E-state index contributed by atoms with van der Waals surface area (Å²) in [5.41, 5.74) is 6.82. The van der Waals surface area contributed by atoms with Gasteiger partial charge in [-0.25, -0.2) is 0 Å². The summed E-state index contributed by atoms with van der Waals surface area (Å²) in [6.07, 6.45) is 3.81. The number of benzene rings is 1. The van der Waals surface area contributed by atoms with E-state index in [2.05, 4.69) is 10.6 Å². The molecule has 0 spiro atoms. The quantitative estimate of drug-likeness (QED) is 0.764. The number of nitrogens with one attached hydrogen (secondary N) is 2. The molecular formula is C19H30ClN3O2. The van der Waals surface area contributed by atoms with Crippen LogP contribution in [0.15, 0.2) is 24.3 Å². The van der Waals surface area contributed by atoms with Crippen molar-refractivity contribution >= 4 is 29.9 Å². The van der Waals surface area contributed by atoms with Gasteiger partial charge in [-0.15, -0.1) is 12.4 Å². The minimum atomic E-state index is -0.450. The monoisotopic (exact) mass is 367 g/mol. The third-order valence-corrected chi connectivity index (χ3v) is 4.47. The predicted octanol–water partition coefficient (Wildman–Crippen LogP) is 3.48. The van der Waals surface area contributed by atoms with Crippen LogP contribution < -0.4 is 16.4 Å². The first kappa shape index (κ1) is 21.5. The molecule has 4 N–H and O–H groups in total. The van der Waals surface area contributed by atoms with Crippen molar-refractivity contribution in [2.24, 2.45) is 11.7 Å². The Morgan fingerprint density at radius 3 is 2.28 bits per heavy atom. The van der Waals surface area contributed by atoms with Crippen molar-refractivity contribution in [1.29, 1.82) is 0 Å². The molecule has 0 bridgehead atoms. The van der Waals surface area contributed by atoms with Crippen LogP contribution in [0.2, 0.25) is 0 Å². The smallest absolute Gasteiger partial charge is 0.251 e. The predicted molar refractivity (Wildman–Crippen MR) is 104 cm³/mol. The molecule has 140 valence electrons. The van der Waals surface area contributed by atoms with Gasteiger partial charge in [0.15, 0.2) is 0 Å². The number of hydrogen-bond donors (Lipinski definition) is 3. The van der Waals surface area contributed by atoms with E-state index in [1.165, 1.54) is 0 Å². The fraction of sp³-hybridized carbons (Fsp3) is 0.579. The minimum absolute atomic E-state index is 0. The molecule has 1 aromatic rings. The Hall–Kier alpha value is -1.59. The van der Waals surface area contributed by atoms with Gasteiger partial charge in [0.05, 0.1) is 5.92 Å². The highest BCUT2D eigenvalue weighted by molar-refractivity contribution is 5.96. The van der Waals surface area contributed by atoms with Gasteiger partial charge < -0.3 is 16.4 Å². The van der Waals surface area contributed by atoms with Crippen LogP contribution in [0.3, 0.4) is 0 Å². The molecule has 0 aliphatic heterocycles. The summed E-state index contributed by atoms with van der Waals surface area (Å²) in [7, 11) is 0. The molecular weight excluding hydrogens is 338 g/mol. The molecule has 2 atom stereocenters. The van der Waals surface area contributed by atoms with Gasteiger partial charge in [0.2, 0.25) is 5.91 Å². The molecule has 0 radical (unpaired) electrons. The lowest BCUT2D eigenvalue weighted by molar-refractivity contribution is -0.122. The van der Waals surface area contributed by atoms with Crippen LogP contribution in [0.5, 0.6) is 0 Å². The molecule has 1 fully saturated rings. The SMILES string of the molecule is CC(C)(C)NC(=O)c1ccc(NC(=O)C2CCCCC2(C)N)cc1.Cl. The maximum Gasteiger partial charge on any atom is 0.251 e. The maximum atomic E-state index is 12.5. The largest absolute Gasteiger partial charge is 0.347 e. The summed E-state index contributed by atoms with van der Waals surface area (Å²) in [5, 5.41) is 5.85. The van der Waals surface area contributed by atoms with E-state index in [0.717, 1.165) is 25.7 Å². The van der Waals surface area contributed by atoms with Gasteiger partial charge in [-0.2, -0.15) is 0 Å². The number of rotatable bonds is 3. The van der Waals surface area contributed by atoms with E-state index in [0.29, 0.717) is 11.3 Å². The fourth-order valence-corrected chi connectivity index (χ4v) is 3.14. The van der Waals surface area contributed by atoms with E-state index in [1.807, 2.05) is 27.7 Å². The van der Waals surface area contributed by atoms with Gasteiger partial charge in [0.1, 0.15) is 0 Å². The lowest BCUT2D eigenvalue weighted by atomic mass is 9.74. The van der Waals surface area contributed by atoms with Gasteiger partial charge in [-0.3, -0.25) is 9.59 Å². The minimum Gasteiger partial charge on any atom is -0.347 e. The average molecular weight is 368 g/mol. The Morgan fingerprint density at radius 2 is 1.76 bits per heavy atom. The van der Waals surface area contributed by atoms with Gasteiger partial charge in [0, 0.05) is 22.3 Å². The number of halogens is 1. The van der Waals surface area contributed by atoms with Crippen LogP contribution in [0.4, 0.5) is 5.69 Å². The number of carbonyl (C=O) groups is 2. The molecule has 25 heavy (non-hydrogen) atoms. The normalized spacial score (nSPS) is 23.3. The van der Waals surface area contributed by atoms with Gasteiger partial charge >= 0.3 is 0 Å². The second kappa shape index (κ2) is 8.19. The highest BCUT2D eigenvalue weighted by Gasteiger charge is 2.37. The summed E-state index contributed by atoms with van der Waals surface area (Å²) in [5.74, 6) is -0.330. The van der Waals surface area contributed by atoms with Crippen LogP contribution >= 0.6 is 12.4 Å².